The Bertz CT molecular complexity index is 685. The molecule has 6 nitrogen and oxygen atoms in total. The molecular formula is C14H11F2N3O3. The van der Waals surface area contributed by atoms with Gasteiger partial charge in [0.15, 0.2) is 12.3 Å². The molecule has 0 fully saturated rings. The first-order valence-corrected chi connectivity index (χ1v) is 6.17. The fraction of sp³-hybridized carbons (Fsp3) is 0.143. The lowest BCUT2D eigenvalue weighted by molar-refractivity contribution is -0.119. The number of halogens is 2. The van der Waals surface area contributed by atoms with Gasteiger partial charge in [-0.1, -0.05) is 6.07 Å². The number of carbonyl (C=O) groups excluding carboxylic acids is 2. The van der Waals surface area contributed by atoms with Crippen LogP contribution in [0.3, 0.4) is 0 Å². The molecular weight excluding hydrogens is 296 g/mol. The maximum Gasteiger partial charge on any atom is 0.359 e. The Morgan fingerprint density at radius 3 is 2.45 bits per heavy atom. The maximum atomic E-state index is 13.3. The predicted octanol–water partition coefficient (Wildman–Crippen LogP) is 1.86. The van der Waals surface area contributed by atoms with Gasteiger partial charge in [0, 0.05) is 6.20 Å². The van der Waals surface area contributed by atoms with E-state index in [4.69, 9.17) is 0 Å². The Morgan fingerprint density at radius 2 is 1.86 bits per heavy atom. The molecule has 114 valence electrons. The molecule has 8 heteroatoms. The molecule has 1 aromatic carbocycles. The number of aryl methyl sites for hydroxylation is 1. The molecule has 1 amide bonds. The second-order valence-electron chi connectivity index (χ2n) is 4.26. The first-order chi connectivity index (χ1) is 10.5. The molecule has 0 atom stereocenters. The number of rotatable bonds is 4. The van der Waals surface area contributed by atoms with Gasteiger partial charge in [0.25, 0.3) is 5.91 Å². The summed E-state index contributed by atoms with van der Waals surface area (Å²) in [4.78, 5) is 30.8. The number of carbonyl (C=O) groups is 2. The van der Waals surface area contributed by atoms with E-state index in [1.54, 1.807) is 6.92 Å². The molecule has 22 heavy (non-hydrogen) atoms. The topological polar surface area (TPSA) is 81.2 Å². The largest absolute Gasteiger partial charge is 0.451 e. The van der Waals surface area contributed by atoms with Gasteiger partial charge in [-0.25, -0.2) is 18.6 Å². The summed E-state index contributed by atoms with van der Waals surface area (Å²) in [6.07, 6.45) is 2.57. The minimum atomic E-state index is -0.927. The van der Waals surface area contributed by atoms with Crippen molar-refractivity contribution >= 4 is 17.6 Å². The molecule has 0 bridgehead atoms. The highest BCUT2D eigenvalue weighted by atomic mass is 19.1. The molecule has 2 rings (SSSR count). The number of aromatic nitrogens is 2. The first-order valence-electron chi connectivity index (χ1n) is 6.17. The van der Waals surface area contributed by atoms with Gasteiger partial charge < -0.3 is 10.1 Å². The molecule has 0 saturated carbocycles. The molecule has 0 aliphatic heterocycles. The number of hydrogen-bond donors (Lipinski definition) is 1. The SMILES string of the molecule is Cc1cnc(C(=O)OCC(=O)Nc2c(F)cccc2F)cn1. The lowest BCUT2D eigenvalue weighted by Gasteiger charge is -2.08. The van der Waals surface area contributed by atoms with Gasteiger partial charge >= 0.3 is 5.97 Å². The summed E-state index contributed by atoms with van der Waals surface area (Å²) in [7, 11) is 0. The van der Waals surface area contributed by atoms with Gasteiger partial charge in [-0.3, -0.25) is 9.78 Å². The van der Waals surface area contributed by atoms with Crippen molar-refractivity contribution in [3.05, 3.63) is 53.6 Å². The summed E-state index contributed by atoms with van der Waals surface area (Å²) < 4.78 is 31.3. The zero-order valence-corrected chi connectivity index (χ0v) is 11.5. The van der Waals surface area contributed by atoms with Crippen molar-refractivity contribution < 1.29 is 23.1 Å². The van der Waals surface area contributed by atoms with Crippen molar-refractivity contribution in [2.45, 2.75) is 6.92 Å². The van der Waals surface area contributed by atoms with Crippen LogP contribution in [0.4, 0.5) is 14.5 Å². The monoisotopic (exact) mass is 307 g/mol. The lowest BCUT2D eigenvalue weighted by Crippen LogP contribution is -2.22. The average Bonchev–Trinajstić information content (AvgIpc) is 2.49. The van der Waals surface area contributed by atoms with Gasteiger partial charge in [0.05, 0.1) is 11.9 Å². The Balaban J connectivity index is 1.93. The number of nitrogens with zero attached hydrogens (tertiary/aromatic N) is 2. The Hall–Kier alpha value is -2.90. The summed E-state index contributed by atoms with van der Waals surface area (Å²) in [5.41, 5.74) is -0.0570. The van der Waals surface area contributed by atoms with E-state index in [9.17, 15) is 18.4 Å². The third-order valence-electron chi connectivity index (χ3n) is 2.55. The van der Waals surface area contributed by atoms with Crippen LogP contribution in [0.2, 0.25) is 0 Å². The fourth-order valence-corrected chi connectivity index (χ4v) is 1.50. The Morgan fingerprint density at radius 1 is 1.18 bits per heavy atom. The summed E-state index contributed by atoms with van der Waals surface area (Å²) in [6, 6.07) is 3.15. The van der Waals surface area contributed by atoms with Gasteiger partial charge in [0.2, 0.25) is 0 Å². The van der Waals surface area contributed by atoms with E-state index in [0.29, 0.717) is 5.69 Å². The third-order valence-corrected chi connectivity index (χ3v) is 2.55. The number of para-hydroxylation sites is 1. The van der Waals surface area contributed by atoms with Crippen LogP contribution in [0.15, 0.2) is 30.6 Å². The molecule has 0 spiro atoms. The molecule has 2 aromatic rings. The zero-order valence-electron chi connectivity index (χ0n) is 11.5. The molecule has 1 heterocycles. The van der Waals surface area contributed by atoms with Gasteiger partial charge in [-0.15, -0.1) is 0 Å². The van der Waals surface area contributed by atoms with E-state index in [-0.39, 0.29) is 5.69 Å². The van der Waals surface area contributed by atoms with Crippen LogP contribution >= 0.6 is 0 Å². The van der Waals surface area contributed by atoms with Crippen molar-refractivity contribution in [2.75, 3.05) is 11.9 Å². The third kappa shape index (κ3) is 3.81. The maximum absolute atomic E-state index is 13.3. The first kappa shape index (κ1) is 15.5. The number of nitrogens with one attached hydrogen (secondary N) is 1. The van der Waals surface area contributed by atoms with E-state index in [0.717, 1.165) is 18.2 Å². The van der Waals surface area contributed by atoms with Crippen LogP contribution in [-0.2, 0) is 9.53 Å². The molecule has 0 aliphatic carbocycles. The van der Waals surface area contributed by atoms with E-state index in [2.05, 4.69) is 14.7 Å². The van der Waals surface area contributed by atoms with Crippen molar-refractivity contribution in [3.8, 4) is 0 Å². The van der Waals surface area contributed by atoms with E-state index in [1.165, 1.54) is 12.4 Å². The van der Waals surface area contributed by atoms with Crippen LogP contribution < -0.4 is 5.32 Å². The Labute approximate surface area is 124 Å². The number of esters is 1. The Kier molecular flexibility index (Phi) is 4.72. The number of amides is 1. The summed E-state index contributed by atoms with van der Waals surface area (Å²) in [5.74, 6) is -3.60. The molecule has 0 radical (unpaired) electrons. The van der Waals surface area contributed by atoms with Crippen molar-refractivity contribution in [1.29, 1.82) is 0 Å². The molecule has 1 N–H and O–H groups in total. The molecule has 0 aliphatic rings. The van der Waals surface area contributed by atoms with Crippen molar-refractivity contribution in [2.24, 2.45) is 0 Å². The highest BCUT2D eigenvalue weighted by Crippen LogP contribution is 2.17. The number of benzene rings is 1. The second-order valence-corrected chi connectivity index (χ2v) is 4.26. The van der Waals surface area contributed by atoms with Crippen LogP contribution in [0.1, 0.15) is 16.2 Å². The second kappa shape index (κ2) is 6.70. The van der Waals surface area contributed by atoms with E-state index >= 15 is 0 Å². The number of hydrogen-bond acceptors (Lipinski definition) is 5. The minimum Gasteiger partial charge on any atom is -0.451 e. The number of anilines is 1. The smallest absolute Gasteiger partial charge is 0.359 e. The van der Waals surface area contributed by atoms with Crippen LogP contribution in [-0.4, -0.2) is 28.5 Å². The van der Waals surface area contributed by atoms with Gasteiger partial charge in [-0.05, 0) is 19.1 Å². The standard InChI is InChI=1S/C14H11F2N3O3/c1-8-5-18-11(6-17-8)14(21)22-7-12(20)19-13-9(15)3-2-4-10(13)16/h2-6H,7H2,1H3,(H,19,20). The quantitative estimate of drug-likeness (QED) is 0.872. The van der Waals surface area contributed by atoms with Crippen LogP contribution in [0.25, 0.3) is 0 Å². The normalized spacial score (nSPS) is 10.1. The van der Waals surface area contributed by atoms with Gasteiger partial charge in [0.1, 0.15) is 17.3 Å². The lowest BCUT2D eigenvalue weighted by atomic mass is 10.3. The zero-order chi connectivity index (χ0) is 16.1. The minimum absolute atomic E-state index is 0.0736. The summed E-state index contributed by atoms with van der Waals surface area (Å²) in [6.45, 7) is 0.987. The number of ether oxygens (including phenoxy) is 1. The van der Waals surface area contributed by atoms with Crippen molar-refractivity contribution in [1.82, 2.24) is 9.97 Å². The van der Waals surface area contributed by atoms with Crippen LogP contribution in [0.5, 0.6) is 0 Å². The molecule has 1 aromatic heterocycles. The molecule has 0 unspecified atom stereocenters. The van der Waals surface area contributed by atoms with Crippen LogP contribution in [0, 0.1) is 18.6 Å². The summed E-state index contributed by atoms with van der Waals surface area (Å²) >= 11 is 0. The fourth-order valence-electron chi connectivity index (χ4n) is 1.50. The predicted molar refractivity (Wildman–Crippen MR) is 72.0 cm³/mol. The highest BCUT2D eigenvalue weighted by Gasteiger charge is 2.15. The average molecular weight is 307 g/mol. The highest BCUT2D eigenvalue weighted by molar-refractivity contribution is 5.94. The summed E-state index contributed by atoms with van der Waals surface area (Å²) in [5, 5.41) is 1.99. The molecule has 0 saturated heterocycles. The van der Waals surface area contributed by atoms with E-state index in [1.807, 2.05) is 5.32 Å². The van der Waals surface area contributed by atoms with E-state index < -0.39 is 35.8 Å². The van der Waals surface area contributed by atoms with Gasteiger partial charge in [-0.2, -0.15) is 0 Å². The van der Waals surface area contributed by atoms with Crippen molar-refractivity contribution in [3.63, 3.8) is 0 Å².